The lowest BCUT2D eigenvalue weighted by molar-refractivity contribution is -0.138. The van der Waals surface area contributed by atoms with Gasteiger partial charge < -0.3 is 18.8 Å². The molecule has 1 aliphatic heterocycles. The number of piperidine rings is 1. The van der Waals surface area contributed by atoms with Crippen molar-refractivity contribution in [2.75, 3.05) is 19.7 Å². The molecule has 0 radical (unpaired) electrons. The number of hydrogen-bond acceptors (Lipinski definition) is 6. The maximum Gasteiger partial charge on any atom is 0.421 e. The van der Waals surface area contributed by atoms with E-state index in [0.29, 0.717) is 25.2 Å². The van der Waals surface area contributed by atoms with E-state index in [4.69, 9.17) is 13.9 Å². The van der Waals surface area contributed by atoms with Crippen molar-refractivity contribution in [2.24, 2.45) is 5.92 Å². The Labute approximate surface area is 207 Å². The molecule has 0 spiro atoms. The maximum atomic E-state index is 14.1. The summed E-state index contributed by atoms with van der Waals surface area (Å²) in [5.41, 5.74) is -0.971. The number of carbonyl (C=O) groups excluding carboxylic acids is 2. The molecule has 3 heterocycles. The minimum absolute atomic E-state index is 0.0650. The fraction of sp³-hybridized carbons (Fsp3) is 0.640. The van der Waals surface area contributed by atoms with Gasteiger partial charge >= 0.3 is 18.2 Å². The Morgan fingerprint density at radius 3 is 2.44 bits per heavy atom. The molecule has 8 nitrogen and oxygen atoms in total. The Kier molecular flexibility index (Phi) is 6.87. The quantitative estimate of drug-likeness (QED) is 0.494. The molecule has 1 fully saturated rings. The molecule has 1 saturated heterocycles. The van der Waals surface area contributed by atoms with Crippen LogP contribution in [0.4, 0.5) is 18.0 Å². The summed E-state index contributed by atoms with van der Waals surface area (Å²) >= 11 is 0. The van der Waals surface area contributed by atoms with E-state index in [2.05, 4.69) is 5.10 Å². The number of halogens is 3. The van der Waals surface area contributed by atoms with Crippen LogP contribution in [0.2, 0.25) is 0 Å². The average Bonchev–Trinajstić information content (AvgIpc) is 3.35. The van der Waals surface area contributed by atoms with Crippen molar-refractivity contribution in [1.82, 2.24) is 14.7 Å². The topological polar surface area (TPSA) is 86.8 Å². The van der Waals surface area contributed by atoms with Gasteiger partial charge in [0.15, 0.2) is 0 Å². The van der Waals surface area contributed by atoms with E-state index in [-0.39, 0.29) is 48.0 Å². The highest BCUT2D eigenvalue weighted by Crippen LogP contribution is 2.48. The van der Waals surface area contributed by atoms with Crippen LogP contribution in [-0.4, -0.2) is 52.0 Å². The van der Waals surface area contributed by atoms with E-state index in [1.807, 2.05) is 27.7 Å². The number of nitrogens with zero attached hydrogens (tertiary/aromatic N) is 3. The van der Waals surface area contributed by atoms with Gasteiger partial charge in [-0.25, -0.2) is 9.59 Å². The Balaban J connectivity index is 1.56. The largest absolute Gasteiger partial charge is 0.460 e. The molecule has 0 aromatic carbocycles. The monoisotopic (exact) mass is 511 g/mol. The molecule has 1 aliphatic carbocycles. The predicted molar refractivity (Wildman–Crippen MR) is 124 cm³/mol. The zero-order valence-electron chi connectivity index (χ0n) is 21.2. The van der Waals surface area contributed by atoms with Gasteiger partial charge in [0.25, 0.3) is 0 Å². The lowest BCUT2D eigenvalue weighted by atomic mass is 9.86. The van der Waals surface area contributed by atoms with E-state index < -0.39 is 29.1 Å². The zero-order chi connectivity index (χ0) is 26.4. The minimum atomic E-state index is -4.81. The number of alkyl halides is 3. The lowest BCUT2D eigenvalue weighted by Gasteiger charge is -2.33. The van der Waals surface area contributed by atoms with Crippen LogP contribution in [-0.2, 0) is 28.6 Å². The number of esters is 1. The van der Waals surface area contributed by atoms with Crippen molar-refractivity contribution in [1.29, 1.82) is 0 Å². The highest BCUT2D eigenvalue weighted by Gasteiger charge is 2.46. The number of likely N-dealkylation sites (tertiary alicyclic amines) is 1. The van der Waals surface area contributed by atoms with E-state index >= 15 is 0 Å². The van der Waals surface area contributed by atoms with E-state index in [0.717, 1.165) is 12.8 Å². The number of carbonyl (C=O) groups is 2. The Hall–Kier alpha value is -2.98. The molecule has 36 heavy (non-hydrogen) atoms. The van der Waals surface area contributed by atoms with Crippen LogP contribution in [0.15, 0.2) is 10.6 Å². The van der Waals surface area contributed by atoms with Crippen LogP contribution < -0.4 is 0 Å². The number of ether oxygens (including phenoxy) is 2. The van der Waals surface area contributed by atoms with Crippen LogP contribution in [0.25, 0.3) is 11.3 Å². The average molecular weight is 512 g/mol. The molecular formula is C25H32F3N3O5. The second-order valence-corrected chi connectivity index (χ2v) is 10.5. The first-order chi connectivity index (χ1) is 16.8. The van der Waals surface area contributed by atoms with Gasteiger partial charge in [0, 0.05) is 37.8 Å². The molecule has 1 atom stereocenters. The molecule has 2 aliphatic rings. The summed E-state index contributed by atoms with van der Waals surface area (Å²) < 4.78 is 59.7. The van der Waals surface area contributed by atoms with Gasteiger partial charge in [-0.1, -0.05) is 6.92 Å². The van der Waals surface area contributed by atoms with Crippen LogP contribution in [0, 0.1) is 5.92 Å². The third-order valence-corrected chi connectivity index (χ3v) is 6.49. The first-order valence-electron chi connectivity index (χ1n) is 12.2. The summed E-state index contributed by atoms with van der Waals surface area (Å²) in [6.45, 7) is 10.4. The Morgan fingerprint density at radius 2 is 1.86 bits per heavy atom. The zero-order valence-corrected chi connectivity index (χ0v) is 21.2. The fourth-order valence-electron chi connectivity index (χ4n) is 4.85. The van der Waals surface area contributed by atoms with Gasteiger partial charge in [-0.05, 0) is 52.4 Å². The van der Waals surface area contributed by atoms with Crippen molar-refractivity contribution in [3.63, 3.8) is 0 Å². The van der Waals surface area contributed by atoms with Crippen molar-refractivity contribution in [2.45, 2.75) is 78.1 Å². The molecule has 198 valence electrons. The molecule has 0 saturated carbocycles. The minimum Gasteiger partial charge on any atom is -0.460 e. The maximum absolute atomic E-state index is 14.1. The highest BCUT2D eigenvalue weighted by atomic mass is 19.4. The van der Waals surface area contributed by atoms with Gasteiger partial charge in [-0.15, -0.1) is 0 Å². The van der Waals surface area contributed by atoms with E-state index in [9.17, 15) is 22.8 Å². The molecule has 4 rings (SSSR count). The molecule has 2 aromatic rings. The van der Waals surface area contributed by atoms with Gasteiger partial charge in [0.1, 0.15) is 16.9 Å². The molecule has 0 N–H and O–H groups in total. The summed E-state index contributed by atoms with van der Waals surface area (Å²) in [4.78, 5) is 26.3. The van der Waals surface area contributed by atoms with Crippen molar-refractivity contribution in [3.8, 4) is 11.3 Å². The molecular weight excluding hydrogens is 479 g/mol. The first kappa shape index (κ1) is 26.1. The number of aromatic nitrogens is 2. The lowest BCUT2D eigenvalue weighted by Crippen LogP contribution is -2.42. The highest BCUT2D eigenvalue weighted by molar-refractivity contribution is 5.92. The molecule has 1 unspecified atom stereocenters. The standard InChI is InChI=1S/C25H32F3N3O5/c1-6-34-22(32)21-19(25(26,27)28)18-17(35-21)11-14(2)16-13-31(29-20(16)18)12-15-7-9-30(10-8-15)23(33)36-24(3,4)5/h13-15H,6-12H2,1-5H3. The smallest absolute Gasteiger partial charge is 0.421 e. The van der Waals surface area contributed by atoms with E-state index in [1.165, 1.54) is 6.92 Å². The fourth-order valence-corrected chi connectivity index (χ4v) is 4.85. The number of hydrogen-bond donors (Lipinski definition) is 0. The number of amides is 1. The van der Waals surface area contributed by atoms with Crippen molar-refractivity contribution >= 4 is 12.1 Å². The molecule has 0 bridgehead atoms. The van der Waals surface area contributed by atoms with Gasteiger partial charge in [-0.2, -0.15) is 18.3 Å². The molecule has 1 amide bonds. The third kappa shape index (κ3) is 5.24. The Morgan fingerprint density at radius 1 is 1.19 bits per heavy atom. The number of rotatable bonds is 4. The Bertz CT molecular complexity index is 1140. The number of fused-ring (bicyclic) bond motifs is 3. The van der Waals surface area contributed by atoms with Gasteiger partial charge in [0.2, 0.25) is 5.76 Å². The normalized spacial score (nSPS) is 18.6. The summed E-state index contributed by atoms with van der Waals surface area (Å²) in [7, 11) is 0. The summed E-state index contributed by atoms with van der Waals surface area (Å²) in [6, 6.07) is 0. The van der Waals surface area contributed by atoms with Crippen LogP contribution in [0.3, 0.4) is 0 Å². The SMILES string of the molecule is CCOC(=O)c1oc2c(c1C(F)(F)F)-c1nn(CC3CCN(C(=O)OC(C)(C)C)CC3)cc1C(C)C2. The van der Waals surface area contributed by atoms with Gasteiger partial charge in [-0.3, -0.25) is 4.68 Å². The third-order valence-electron chi connectivity index (χ3n) is 6.49. The summed E-state index contributed by atoms with van der Waals surface area (Å²) in [6.07, 6.45) is -1.66. The molecule has 11 heteroatoms. The van der Waals surface area contributed by atoms with Crippen LogP contribution in [0.1, 0.15) is 80.8 Å². The summed E-state index contributed by atoms with van der Waals surface area (Å²) in [5, 5.41) is 4.53. The number of furan rings is 1. The second kappa shape index (κ2) is 9.48. The second-order valence-electron chi connectivity index (χ2n) is 10.5. The molecule has 2 aromatic heterocycles. The van der Waals surface area contributed by atoms with Crippen molar-refractivity contribution in [3.05, 3.63) is 28.8 Å². The van der Waals surface area contributed by atoms with Crippen LogP contribution in [0.5, 0.6) is 0 Å². The summed E-state index contributed by atoms with van der Waals surface area (Å²) in [5.74, 6) is -1.77. The first-order valence-corrected chi connectivity index (χ1v) is 12.2. The van der Waals surface area contributed by atoms with E-state index in [1.54, 1.807) is 15.8 Å². The van der Waals surface area contributed by atoms with Crippen molar-refractivity contribution < 1.29 is 36.7 Å². The predicted octanol–water partition coefficient (Wildman–Crippen LogP) is 5.65. The van der Waals surface area contributed by atoms with Crippen LogP contribution >= 0.6 is 0 Å². The van der Waals surface area contributed by atoms with Gasteiger partial charge in [0.05, 0.1) is 17.9 Å².